The fourth-order valence-corrected chi connectivity index (χ4v) is 1.95. The van der Waals surface area contributed by atoms with Gasteiger partial charge in [-0.25, -0.2) is 0 Å². The quantitative estimate of drug-likeness (QED) is 0.853. The van der Waals surface area contributed by atoms with Crippen molar-refractivity contribution < 1.29 is 15.0 Å². The van der Waals surface area contributed by atoms with Crippen LogP contribution in [0.4, 0.5) is 0 Å². The van der Waals surface area contributed by atoms with Crippen molar-refractivity contribution in [3.05, 3.63) is 28.3 Å². The van der Waals surface area contributed by atoms with Gasteiger partial charge in [0, 0.05) is 5.02 Å². The third kappa shape index (κ3) is 2.89. The van der Waals surface area contributed by atoms with Crippen molar-refractivity contribution in [2.45, 2.75) is 32.6 Å². The molecule has 1 aromatic rings. The van der Waals surface area contributed by atoms with E-state index in [0.29, 0.717) is 17.0 Å². The molecular weight excluding hydrogens is 228 g/mol. The minimum absolute atomic E-state index is 0.0168. The van der Waals surface area contributed by atoms with Crippen LogP contribution in [0.2, 0.25) is 5.02 Å². The Morgan fingerprint density at radius 2 is 2.12 bits per heavy atom. The highest BCUT2D eigenvalue weighted by Crippen LogP contribution is 2.34. The zero-order valence-electron chi connectivity index (χ0n) is 9.33. The van der Waals surface area contributed by atoms with Gasteiger partial charge in [0.1, 0.15) is 5.75 Å². The van der Waals surface area contributed by atoms with Crippen LogP contribution >= 0.6 is 11.6 Å². The Balaban J connectivity index is 3.12. The van der Waals surface area contributed by atoms with E-state index in [9.17, 15) is 9.90 Å². The molecule has 4 heteroatoms. The van der Waals surface area contributed by atoms with E-state index < -0.39 is 5.97 Å². The van der Waals surface area contributed by atoms with Gasteiger partial charge in [0.05, 0.1) is 6.42 Å². The summed E-state index contributed by atoms with van der Waals surface area (Å²) in [6.45, 7) is 3.68. The Bertz CT molecular complexity index is 401. The van der Waals surface area contributed by atoms with Crippen molar-refractivity contribution in [2.75, 3.05) is 0 Å². The zero-order chi connectivity index (χ0) is 12.3. The Morgan fingerprint density at radius 3 is 2.62 bits per heavy atom. The highest BCUT2D eigenvalue weighted by atomic mass is 35.5. The molecule has 0 fully saturated rings. The summed E-state index contributed by atoms with van der Waals surface area (Å²) >= 11 is 5.92. The molecule has 0 aliphatic carbocycles. The predicted octanol–water partition coefficient (Wildman–Crippen LogP) is 3.19. The third-order valence-electron chi connectivity index (χ3n) is 2.58. The lowest BCUT2D eigenvalue weighted by Gasteiger charge is -2.14. The third-order valence-corrected chi connectivity index (χ3v) is 2.79. The molecule has 88 valence electrons. The monoisotopic (exact) mass is 242 g/mol. The highest BCUT2D eigenvalue weighted by Gasteiger charge is 2.16. The molecule has 0 radical (unpaired) electrons. The van der Waals surface area contributed by atoms with Gasteiger partial charge in [0.2, 0.25) is 0 Å². The Kier molecular flexibility index (Phi) is 4.19. The summed E-state index contributed by atoms with van der Waals surface area (Å²) in [6.07, 6.45) is 0.649. The number of halogens is 1. The van der Waals surface area contributed by atoms with E-state index in [0.717, 1.165) is 5.56 Å². The van der Waals surface area contributed by atoms with Crippen molar-refractivity contribution in [3.63, 3.8) is 0 Å². The van der Waals surface area contributed by atoms with Crippen molar-refractivity contribution in [3.8, 4) is 5.75 Å². The molecule has 2 N–H and O–H groups in total. The largest absolute Gasteiger partial charge is 0.507 e. The maximum absolute atomic E-state index is 10.6. The molecule has 0 aliphatic rings. The Labute approximate surface area is 99.7 Å². The van der Waals surface area contributed by atoms with Crippen molar-refractivity contribution in [1.29, 1.82) is 0 Å². The molecular formula is C12H15ClO3. The van der Waals surface area contributed by atoms with E-state index >= 15 is 0 Å². The van der Waals surface area contributed by atoms with Crippen LogP contribution in [0, 0.1) is 0 Å². The first-order valence-corrected chi connectivity index (χ1v) is 5.56. The molecule has 1 unspecified atom stereocenters. The van der Waals surface area contributed by atoms with Gasteiger partial charge >= 0.3 is 5.97 Å². The molecule has 0 saturated carbocycles. The number of carboxylic acid groups (broad SMARTS) is 1. The number of hydrogen-bond donors (Lipinski definition) is 2. The van der Waals surface area contributed by atoms with Crippen molar-refractivity contribution >= 4 is 17.6 Å². The Hall–Kier alpha value is -1.22. The predicted molar refractivity (Wildman–Crippen MR) is 63.2 cm³/mol. The number of carbonyl (C=O) groups is 1. The number of phenolic OH excluding ortho intramolecular Hbond substituents is 1. The average Bonchev–Trinajstić information content (AvgIpc) is 2.19. The number of benzene rings is 1. The van der Waals surface area contributed by atoms with E-state index in [2.05, 4.69) is 0 Å². The van der Waals surface area contributed by atoms with Crippen molar-refractivity contribution in [2.24, 2.45) is 0 Å². The summed E-state index contributed by atoms with van der Waals surface area (Å²) in [6, 6.07) is 3.33. The molecule has 1 aromatic carbocycles. The van der Waals surface area contributed by atoms with Crippen LogP contribution in [-0.2, 0) is 11.2 Å². The summed E-state index contributed by atoms with van der Waals surface area (Å²) in [7, 11) is 0. The van der Waals surface area contributed by atoms with Crippen LogP contribution in [0.25, 0.3) is 0 Å². The van der Waals surface area contributed by atoms with Gasteiger partial charge in [0.15, 0.2) is 0 Å². The number of rotatable bonds is 4. The summed E-state index contributed by atoms with van der Waals surface area (Å²) in [5.74, 6) is -0.966. The van der Waals surface area contributed by atoms with Crippen LogP contribution < -0.4 is 0 Å². The lowest BCUT2D eigenvalue weighted by Crippen LogP contribution is -2.04. The molecule has 0 spiro atoms. The lowest BCUT2D eigenvalue weighted by atomic mass is 9.94. The van der Waals surface area contributed by atoms with E-state index in [1.54, 1.807) is 19.1 Å². The van der Waals surface area contributed by atoms with E-state index in [1.807, 2.05) is 6.92 Å². The molecule has 0 aromatic heterocycles. The van der Waals surface area contributed by atoms with E-state index in [4.69, 9.17) is 16.7 Å². The van der Waals surface area contributed by atoms with Gasteiger partial charge in [-0.2, -0.15) is 0 Å². The van der Waals surface area contributed by atoms with Gasteiger partial charge in [-0.3, -0.25) is 4.79 Å². The average molecular weight is 243 g/mol. The van der Waals surface area contributed by atoms with Gasteiger partial charge in [0.25, 0.3) is 0 Å². The maximum Gasteiger partial charge on any atom is 0.303 e. The first-order chi connectivity index (χ1) is 7.45. The minimum Gasteiger partial charge on any atom is -0.507 e. The van der Waals surface area contributed by atoms with Crippen LogP contribution in [-0.4, -0.2) is 16.2 Å². The topological polar surface area (TPSA) is 57.5 Å². The number of aliphatic carboxylic acids is 1. The second-order valence-corrected chi connectivity index (χ2v) is 4.29. The van der Waals surface area contributed by atoms with Gasteiger partial charge in [-0.15, -0.1) is 0 Å². The molecule has 0 heterocycles. The molecule has 16 heavy (non-hydrogen) atoms. The van der Waals surface area contributed by atoms with Crippen LogP contribution in [0.5, 0.6) is 5.75 Å². The van der Waals surface area contributed by atoms with Gasteiger partial charge in [-0.1, -0.05) is 25.4 Å². The van der Waals surface area contributed by atoms with Crippen LogP contribution in [0.3, 0.4) is 0 Å². The molecule has 1 atom stereocenters. The number of hydrogen-bond acceptors (Lipinski definition) is 2. The van der Waals surface area contributed by atoms with Gasteiger partial charge in [-0.05, 0) is 35.6 Å². The maximum atomic E-state index is 10.6. The molecule has 0 bridgehead atoms. The molecule has 0 aliphatic heterocycles. The molecule has 1 rings (SSSR count). The van der Waals surface area contributed by atoms with E-state index in [-0.39, 0.29) is 18.1 Å². The molecule has 0 saturated heterocycles. The first kappa shape index (κ1) is 12.8. The zero-order valence-corrected chi connectivity index (χ0v) is 10.1. The first-order valence-electron chi connectivity index (χ1n) is 5.18. The van der Waals surface area contributed by atoms with E-state index in [1.165, 1.54) is 0 Å². The van der Waals surface area contributed by atoms with Crippen LogP contribution in [0.1, 0.15) is 37.3 Å². The fourth-order valence-electron chi connectivity index (χ4n) is 1.70. The second kappa shape index (κ2) is 5.21. The summed E-state index contributed by atoms with van der Waals surface area (Å²) in [5, 5.41) is 19.2. The fraction of sp³-hybridized carbons (Fsp3) is 0.417. The SMILES string of the molecule is CCc1cc(Cl)cc(C(C)CC(=O)O)c1O. The Morgan fingerprint density at radius 1 is 1.50 bits per heavy atom. The second-order valence-electron chi connectivity index (χ2n) is 3.86. The summed E-state index contributed by atoms with van der Waals surface area (Å²) in [4.78, 5) is 10.6. The normalized spacial score (nSPS) is 12.4. The lowest BCUT2D eigenvalue weighted by molar-refractivity contribution is -0.137. The number of aromatic hydroxyl groups is 1. The standard InChI is InChI=1S/C12H15ClO3/c1-3-8-5-9(13)6-10(12(8)16)7(2)4-11(14)15/h5-7,16H,3-4H2,1-2H3,(H,14,15). The number of carboxylic acids is 1. The highest BCUT2D eigenvalue weighted by molar-refractivity contribution is 6.30. The minimum atomic E-state index is -0.884. The van der Waals surface area contributed by atoms with Gasteiger partial charge < -0.3 is 10.2 Å². The smallest absolute Gasteiger partial charge is 0.303 e. The number of aryl methyl sites for hydroxylation is 1. The van der Waals surface area contributed by atoms with Crippen molar-refractivity contribution in [1.82, 2.24) is 0 Å². The molecule has 0 amide bonds. The number of phenols is 1. The summed E-state index contributed by atoms with van der Waals surface area (Å²) in [5.41, 5.74) is 1.35. The molecule has 3 nitrogen and oxygen atoms in total. The summed E-state index contributed by atoms with van der Waals surface area (Å²) < 4.78 is 0. The van der Waals surface area contributed by atoms with Crippen LogP contribution in [0.15, 0.2) is 12.1 Å².